The van der Waals surface area contributed by atoms with Gasteiger partial charge in [-0.25, -0.2) is 13.4 Å². The number of sulfonamides is 1. The Morgan fingerprint density at radius 1 is 1.24 bits per heavy atom. The van der Waals surface area contributed by atoms with E-state index in [1.54, 1.807) is 18.2 Å². The predicted octanol–water partition coefficient (Wildman–Crippen LogP) is 4.55. The van der Waals surface area contributed by atoms with Gasteiger partial charge < -0.3 is 15.4 Å². The number of methoxy groups -OCH3 is 1. The number of piperidine rings is 1. The van der Waals surface area contributed by atoms with E-state index in [1.165, 1.54) is 34.9 Å². The van der Waals surface area contributed by atoms with Crippen molar-refractivity contribution in [3.63, 3.8) is 0 Å². The van der Waals surface area contributed by atoms with Crippen LogP contribution in [0.1, 0.15) is 12.8 Å². The molecule has 1 aromatic heterocycles. The van der Waals surface area contributed by atoms with E-state index < -0.39 is 15.9 Å². The van der Waals surface area contributed by atoms with Gasteiger partial charge in [0.1, 0.15) is 5.75 Å². The Morgan fingerprint density at radius 3 is 2.68 bits per heavy atom. The van der Waals surface area contributed by atoms with Crippen LogP contribution in [0.5, 0.6) is 5.75 Å². The van der Waals surface area contributed by atoms with Crippen molar-refractivity contribution >= 4 is 49.7 Å². The molecule has 1 amide bonds. The number of hydrogen-bond donors (Lipinski definition) is 2. The minimum Gasteiger partial charge on any atom is -0.495 e. The van der Waals surface area contributed by atoms with E-state index in [9.17, 15) is 13.2 Å². The van der Waals surface area contributed by atoms with Crippen molar-refractivity contribution < 1.29 is 17.9 Å². The van der Waals surface area contributed by atoms with Gasteiger partial charge in [-0.2, -0.15) is 4.31 Å². The third-order valence-electron chi connectivity index (χ3n) is 5.68. The molecule has 4 rings (SSSR count). The van der Waals surface area contributed by atoms with Gasteiger partial charge in [-0.05, 0) is 55.3 Å². The minimum atomic E-state index is -3.72. The number of amides is 1. The normalized spacial score (nSPS) is 16.7. The molecule has 0 radical (unpaired) electrons. The SMILES string of the molecule is CNc1nc(-c2ccc(OC)c(NC(=O)[C@@H]3CCCN(S(=O)(=O)c4ccc(Cl)cc4)C3)c2)cs1. The van der Waals surface area contributed by atoms with Crippen LogP contribution in [0, 0.1) is 5.92 Å². The van der Waals surface area contributed by atoms with E-state index in [0.29, 0.717) is 35.8 Å². The van der Waals surface area contributed by atoms with E-state index in [2.05, 4.69) is 15.6 Å². The number of thiazole rings is 1. The number of nitrogens with one attached hydrogen (secondary N) is 2. The molecule has 0 unspecified atom stereocenters. The molecule has 2 N–H and O–H groups in total. The van der Waals surface area contributed by atoms with Gasteiger partial charge in [0.15, 0.2) is 5.13 Å². The fourth-order valence-electron chi connectivity index (χ4n) is 3.85. The Morgan fingerprint density at radius 2 is 2.00 bits per heavy atom. The van der Waals surface area contributed by atoms with Crippen LogP contribution in [-0.2, 0) is 14.8 Å². The molecular weight excluding hydrogens is 496 g/mol. The maximum Gasteiger partial charge on any atom is 0.243 e. The molecule has 8 nitrogen and oxygen atoms in total. The average Bonchev–Trinajstić information content (AvgIpc) is 3.34. The van der Waals surface area contributed by atoms with Gasteiger partial charge in [-0.3, -0.25) is 4.79 Å². The summed E-state index contributed by atoms with van der Waals surface area (Å²) >= 11 is 7.38. The molecule has 3 aromatic rings. The lowest BCUT2D eigenvalue weighted by Crippen LogP contribution is -2.43. The molecule has 180 valence electrons. The molecule has 0 spiro atoms. The number of aromatic nitrogens is 1. The van der Waals surface area contributed by atoms with Crippen LogP contribution < -0.4 is 15.4 Å². The summed E-state index contributed by atoms with van der Waals surface area (Å²) < 4.78 is 32.9. The van der Waals surface area contributed by atoms with Gasteiger partial charge in [-0.15, -0.1) is 11.3 Å². The minimum absolute atomic E-state index is 0.108. The van der Waals surface area contributed by atoms with Crippen LogP contribution in [0.2, 0.25) is 5.02 Å². The highest BCUT2D eigenvalue weighted by Gasteiger charge is 2.33. The van der Waals surface area contributed by atoms with E-state index in [1.807, 2.05) is 24.6 Å². The Kier molecular flexibility index (Phi) is 7.42. The van der Waals surface area contributed by atoms with Crippen LogP contribution in [0.3, 0.4) is 0 Å². The Hall–Kier alpha value is -2.66. The van der Waals surface area contributed by atoms with Gasteiger partial charge in [0.2, 0.25) is 15.9 Å². The van der Waals surface area contributed by atoms with E-state index >= 15 is 0 Å². The maximum atomic E-state index is 13.2. The second kappa shape index (κ2) is 10.3. The van der Waals surface area contributed by atoms with Crippen molar-refractivity contribution in [2.75, 3.05) is 37.9 Å². The largest absolute Gasteiger partial charge is 0.495 e. The first kappa shape index (κ1) is 24.5. The smallest absolute Gasteiger partial charge is 0.243 e. The summed E-state index contributed by atoms with van der Waals surface area (Å²) in [7, 11) is -0.373. The number of carbonyl (C=O) groups excluding carboxylic acids is 1. The first-order valence-electron chi connectivity index (χ1n) is 10.7. The van der Waals surface area contributed by atoms with Gasteiger partial charge in [0.25, 0.3) is 0 Å². The van der Waals surface area contributed by atoms with E-state index in [4.69, 9.17) is 16.3 Å². The number of carbonyl (C=O) groups is 1. The van der Waals surface area contributed by atoms with Crippen molar-refractivity contribution in [1.29, 1.82) is 0 Å². The molecular formula is C23H25ClN4O4S2. The molecule has 2 heterocycles. The molecule has 1 fully saturated rings. The monoisotopic (exact) mass is 520 g/mol. The lowest BCUT2D eigenvalue weighted by Gasteiger charge is -2.31. The number of rotatable bonds is 7. The molecule has 11 heteroatoms. The first-order valence-corrected chi connectivity index (χ1v) is 13.4. The summed E-state index contributed by atoms with van der Waals surface area (Å²) in [5.41, 5.74) is 2.14. The molecule has 1 saturated heterocycles. The summed E-state index contributed by atoms with van der Waals surface area (Å²) in [4.78, 5) is 17.8. The van der Waals surface area contributed by atoms with Crippen molar-refractivity contribution in [3.8, 4) is 17.0 Å². The second-order valence-electron chi connectivity index (χ2n) is 7.85. The average molecular weight is 521 g/mol. The molecule has 0 bridgehead atoms. The standard InChI is InChI=1S/C23H25ClN4O4S2/c1-25-23-27-20(14-33-23)15-5-10-21(32-2)19(12-15)26-22(29)16-4-3-11-28(13-16)34(30,31)18-8-6-17(24)7-9-18/h5-10,12,14,16H,3-4,11,13H2,1-2H3,(H,25,27)(H,26,29)/t16-/m1/s1. The highest BCUT2D eigenvalue weighted by atomic mass is 35.5. The molecule has 1 aliphatic rings. The summed E-state index contributed by atoms with van der Waals surface area (Å²) in [6.45, 7) is 0.474. The van der Waals surface area contributed by atoms with Gasteiger partial charge in [0.05, 0.1) is 29.3 Å². The van der Waals surface area contributed by atoms with Crippen LogP contribution in [0.15, 0.2) is 52.7 Å². The molecule has 1 atom stereocenters. The number of hydrogen-bond acceptors (Lipinski definition) is 7. The van der Waals surface area contributed by atoms with Crippen LogP contribution in [-0.4, -0.2) is 50.9 Å². The lowest BCUT2D eigenvalue weighted by atomic mass is 9.98. The maximum absolute atomic E-state index is 13.2. The zero-order valence-corrected chi connectivity index (χ0v) is 21.1. The molecule has 0 saturated carbocycles. The summed E-state index contributed by atoms with van der Waals surface area (Å²) in [5.74, 6) is -0.220. The zero-order chi connectivity index (χ0) is 24.3. The number of halogens is 1. The first-order chi connectivity index (χ1) is 16.3. The summed E-state index contributed by atoms with van der Waals surface area (Å²) in [6, 6.07) is 11.5. The third kappa shape index (κ3) is 5.20. The van der Waals surface area contributed by atoms with Crippen molar-refractivity contribution in [1.82, 2.24) is 9.29 Å². The fraction of sp³-hybridized carbons (Fsp3) is 0.304. The number of ether oxygens (including phenoxy) is 1. The van der Waals surface area contributed by atoms with Crippen LogP contribution >= 0.6 is 22.9 Å². The molecule has 2 aromatic carbocycles. The topological polar surface area (TPSA) is 101 Å². The number of anilines is 2. The molecule has 0 aliphatic carbocycles. The predicted molar refractivity (Wildman–Crippen MR) is 135 cm³/mol. The van der Waals surface area contributed by atoms with Crippen molar-refractivity contribution in [3.05, 3.63) is 52.9 Å². The van der Waals surface area contributed by atoms with Crippen LogP contribution in [0.25, 0.3) is 11.3 Å². The Balaban J connectivity index is 1.52. The van der Waals surface area contributed by atoms with Gasteiger partial charge >= 0.3 is 0 Å². The lowest BCUT2D eigenvalue weighted by molar-refractivity contribution is -0.120. The molecule has 34 heavy (non-hydrogen) atoms. The zero-order valence-electron chi connectivity index (χ0n) is 18.7. The summed E-state index contributed by atoms with van der Waals surface area (Å²) in [5, 5.41) is 9.14. The van der Waals surface area contributed by atoms with Gasteiger partial charge in [0, 0.05) is 36.1 Å². The highest BCUT2D eigenvalue weighted by molar-refractivity contribution is 7.89. The number of nitrogens with zero attached hydrogens (tertiary/aromatic N) is 2. The number of benzene rings is 2. The van der Waals surface area contributed by atoms with E-state index in [0.717, 1.165) is 16.4 Å². The summed E-state index contributed by atoms with van der Waals surface area (Å²) in [6.07, 6.45) is 1.19. The highest BCUT2D eigenvalue weighted by Crippen LogP contribution is 2.33. The van der Waals surface area contributed by atoms with Gasteiger partial charge in [-0.1, -0.05) is 11.6 Å². The Bertz CT molecular complexity index is 1280. The van der Waals surface area contributed by atoms with E-state index in [-0.39, 0.29) is 17.3 Å². The second-order valence-corrected chi connectivity index (χ2v) is 11.1. The Labute approximate surface area is 208 Å². The molecule has 1 aliphatic heterocycles. The van der Waals surface area contributed by atoms with Crippen molar-refractivity contribution in [2.24, 2.45) is 5.92 Å². The quantitative estimate of drug-likeness (QED) is 0.474. The third-order valence-corrected chi connectivity index (χ3v) is 8.67. The fourth-order valence-corrected chi connectivity index (χ4v) is 6.18. The van der Waals surface area contributed by atoms with Crippen LogP contribution in [0.4, 0.5) is 10.8 Å². The van der Waals surface area contributed by atoms with Crippen molar-refractivity contribution in [2.45, 2.75) is 17.7 Å².